The van der Waals surface area contributed by atoms with Crippen molar-refractivity contribution in [3.63, 3.8) is 0 Å². The third-order valence-corrected chi connectivity index (χ3v) is 7.80. The minimum atomic E-state index is -3.96. The Hall–Kier alpha value is -2.78. The first kappa shape index (κ1) is 19.5. The molecule has 0 bridgehead atoms. The van der Waals surface area contributed by atoms with Gasteiger partial charge in [0, 0.05) is 28.2 Å². The summed E-state index contributed by atoms with van der Waals surface area (Å²) in [5.41, 5.74) is -0.159. The average molecular weight is 435 g/mol. The molecule has 5 nitrogen and oxygen atoms in total. The molecule has 2 heterocycles. The van der Waals surface area contributed by atoms with Crippen molar-refractivity contribution in [3.8, 4) is 5.75 Å². The maximum Gasteiger partial charge on any atom is 0.225 e. The summed E-state index contributed by atoms with van der Waals surface area (Å²) in [7, 11) is -2.49. The molecule has 0 saturated heterocycles. The maximum atomic E-state index is 14.3. The predicted molar refractivity (Wildman–Crippen MR) is 104 cm³/mol. The van der Waals surface area contributed by atoms with Crippen LogP contribution in [0.3, 0.4) is 0 Å². The highest BCUT2D eigenvalue weighted by Gasteiger charge is 2.36. The van der Waals surface area contributed by atoms with Gasteiger partial charge in [-0.1, -0.05) is 6.07 Å². The quantitative estimate of drug-likeness (QED) is 0.662. The van der Waals surface area contributed by atoms with Crippen LogP contribution in [0.2, 0.25) is 0 Å². The number of carbonyl (C=O) groups excluding carboxylic acids is 1. The van der Waals surface area contributed by atoms with E-state index in [1.165, 1.54) is 42.8 Å². The number of fused-ring (bicyclic) bond motifs is 1. The van der Waals surface area contributed by atoms with Gasteiger partial charge in [-0.15, -0.1) is 11.3 Å². The van der Waals surface area contributed by atoms with Gasteiger partial charge in [-0.3, -0.25) is 4.79 Å². The molecule has 3 aromatic rings. The fraction of sp³-hybridized carbons (Fsp3) is 0.150. The molecule has 4 rings (SSSR count). The number of sulfone groups is 1. The minimum Gasteiger partial charge on any atom is -0.497 e. The van der Waals surface area contributed by atoms with E-state index in [4.69, 9.17) is 4.74 Å². The molecular formula is C20H15F2NO4S2. The van der Waals surface area contributed by atoms with E-state index in [2.05, 4.69) is 5.32 Å². The van der Waals surface area contributed by atoms with Crippen molar-refractivity contribution in [1.82, 2.24) is 0 Å². The van der Waals surface area contributed by atoms with Crippen molar-refractivity contribution < 1.29 is 26.7 Å². The van der Waals surface area contributed by atoms with Gasteiger partial charge in [0.25, 0.3) is 0 Å². The van der Waals surface area contributed by atoms with Crippen LogP contribution in [0.5, 0.6) is 5.75 Å². The van der Waals surface area contributed by atoms with Crippen molar-refractivity contribution in [2.75, 3.05) is 12.4 Å². The van der Waals surface area contributed by atoms with Gasteiger partial charge in [0.2, 0.25) is 15.7 Å². The molecule has 1 N–H and O–H groups in total. The largest absolute Gasteiger partial charge is 0.497 e. The first-order valence-electron chi connectivity index (χ1n) is 8.57. The van der Waals surface area contributed by atoms with Gasteiger partial charge < -0.3 is 10.1 Å². The van der Waals surface area contributed by atoms with Crippen LogP contribution in [0.15, 0.2) is 57.6 Å². The lowest BCUT2D eigenvalue weighted by Crippen LogP contribution is -2.24. The zero-order valence-corrected chi connectivity index (χ0v) is 16.7. The molecule has 1 aliphatic heterocycles. The van der Waals surface area contributed by atoms with Crippen LogP contribution < -0.4 is 10.1 Å². The molecule has 150 valence electrons. The summed E-state index contributed by atoms with van der Waals surface area (Å²) >= 11 is 1.05. The Balaban J connectivity index is 1.84. The number of ether oxygens (including phenoxy) is 1. The molecule has 0 spiro atoms. The molecular weight excluding hydrogens is 420 g/mol. The number of hydrogen-bond acceptors (Lipinski definition) is 5. The molecule has 0 saturated carbocycles. The molecule has 1 amide bonds. The summed E-state index contributed by atoms with van der Waals surface area (Å²) in [5, 5.41) is 3.96. The smallest absolute Gasteiger partial charge is 0.225 e. The van der Waals surface area contributed by atoms with Crippen molar-refractivity contribution in [3.05, 3.63) is 69.9 Å². The Morgan fingerprint density at radius 1 is 1.10 bits per heavy atom. The lowest BCUT2D eigenvalue weighted by atomic mass is 9.90. The monoisotopic (exact) mass is 435 g/mol. The lowest BCUT2D eigenvalue weighted by molar-refractivity contribution is -0.116. The molecule has 0 radical (unpaired) electrons. The van der Waals surface area contributed by atoms with E-state index in [0.717, 1.165) is 23.5 Å². The molecule has 0 unspecified atom stereocenters. The molecule has 2 aromatic carbocycles. The van der Waals surface area contributed by atoms with E-state index in [-0.39, 0.29) is 27.5 Å². The molecule has 0 fully saturated rings. The molecule has 1 aliphatic rings. The number of hydrogen-bond donors (Lipinski definition) is 1. The minimum absolute atomic E-state index is 0.0207. The topological polar surface area (TPSA) is 72.5 Å². The Labute approximate surface area is 169 Å². The first-order valence-corrected chi connectivity index (χ1v) is 10.9. The molecule has 1 atom stereocenters. The predicted octanol–water partition coefficient (Wildman–Crippen LogP) is 4.34. The standard InChI is InChI=1S/C20H15F2NO4S2/c1-27-11-5-7-12(8-6-11)29(25,26)16-10-28-20-13(9-17(24)23-19(16)20)18-14(21)3-2-4-15(18)22/h2-8,10,13H,9H2,1H3,(H,23,24)/t13-/m1/s1. The Bertz CT molecular complexity index is 1180. The Morgan fingerprint density at radius 2 is 1.76 bits per heavy atom. The number of methoxy groups -OCH3 is 1. The van der Waals surface area contributed by atoms with E-state index in [0.29, 0.717) is 10.6 Å². The second kappa shape index (κ2) is 7.23. The second-order valence-electron chi connectivity index (χ2n) is 6.46. The van der Waals surface area contributed by atoms with Crippen LogP contribution in [0, 0.1) is 11.6 Å². The zero-order valence-electron chi connectivity index (χ0n) is 15.1. The van der Waals surface area contributed by atoms with Crippen LogP contribution in [0.4, 0.5) is 14.5 Å². The van der Waals surface area contributed by atoms with Gasteiger partial charge in [-0.2, -0.15) is 0 Å². The SMILES string of the molecule is COc1ccc(S(=O)(=O)c2csc3c2NC(=O)C[C@@H]3c2c(F)cccc2F)cc1. The summed E-state index contributed by atoms with van der Waals surface area (Å²) < 4.78 is 59.9. The molecule has 29 heavy (non-hydrogen) atoms. The Kier molecular flexibility index (Phi) is 4.87. The number of halogens is 2. The summed E-state index contributed by atoms with van der Waals surface area (Å²) in [6.45, 7) is 0. The maximum absolute atomic E-state index is 14.3. The Morgan fingerprint density at radius 3 is 2.38 bits per heavy atom. The number of anilines is 1. The molecule has 0 aliphatic carbocycles. The van der Waals surface area contributed by atoms with Crippen LogP contribution in [-0.2, 0) is 14.6 Å². The molecule has 9 heteroatoms. The second-order valence-corrected chi connectivity index (χ2v) is 9.29. The van der Waals surface area contributed by atoms with Gasteiger partial charge in [0.15, 0.2) is 0 Å². The van der Waals surface area contributed by atoms with Crippen molar-refractivity contribution >= 4 is 32.8 Å². The summed E-state index contributed by atoms with van der Waals surface area (Å²) in [4.78, 5) is 12.6. The number of nitrogens with one attached hydrogen (secondary N) is 1. The van der Waals surface area contributed by atoms with Crippen LogP contribution >= 0.6 is 11.3 Å². The summed E-state index contributed by atoms with van der Waals surface area (Å²) in [6, 6.07) is 9.31. The highest BCUT2D eigenvalue weighted by atomic mass is 32.2. The zero-order chi connectivity index (χ0) is 20.8. The highest BCUT2D eigenvalue weighted by molar-refractivity contribution is 7.91. The number of benzene rings is 2. The third-order valence-electron chi connectivity index (χ3n) is 4.76. The van der Waals surface area contributed by atoms with Crippen molar-refractivity contribution in [2.45, 2.75) is 22.1 Å². The fourth-order valence-electron chi connectivity index (χ4n) is 3.36. The van der Waals surface area contributed by atoms with Gasteiger partial charge in [-0.05, 0) is 36.4 Å². The fourth-order valence-corrected chi connectivity index (χ4v) is 6.25. The first-order chi connectivity index (χ1) is 13.8. The van der Waals surface area contributed by atoms with Gasteiger partial charge in [0.1, 0.15) is 22.3 Å². The van der Waals surface area contributed by atoms with Crippen LogP contribution in [0.1, 0.15) is 22.8 Å². The average Bonchev–Trinajstić information content (AvgIpc) is 3.12. The lowest BCUT2D eigenvalue weighted by Gasteiger charge is -2.24. The van der Waals surface area contributed by atoms with Crippen molar-refractivity contribution in [2.24, 2.45) is 0 Å². The number of carbonyl (C=O) groups is 1. The van der Waals surface area contributed by atoms with E-state index in [1.807, 2.05) is 0 Å². The summed E-state index contributed by atoms with van der Waals surface area (Å²) in [5.74, 6) is -2.45. The number of rotatable bonds is 4. The third kappa shape index (κ3) is 3.30. The van der Waals surface area contributed by atoms with Gasteiger partial charge in [0.05, 0.1) is 17.7 Å². The van der Waals surface area contributed by atoms with Gasteiger partial charge in [-0.25, -0.2) is 17.2 Å². The molecule has 1 aromatic heterocycles. The van der Waals surface area contributed by atoms with E-state index < -0.39 is 33.3 Å². The highest BCUT2D eigenvalue weighted by Crippen LogP contribution is 2.46. The van der Waals surface area contributed by atoms with E-state index in [1.54, 1.807) is 0 Å². The van der Waals surface area contributed by atoms with E-state index in [9.17, 15) is 22.0 Å². The van der Waals surface area contributed by atoms with E-state index >= 15 is 0 Å². The normalized spacial score (nSPS) is 16.2. The van der Waals surface area contributed by atoms with Gasteiger partial charge >= 0.3 is 0 Å². The number of amides is 1. The number of thiophene rings is 1. The van der Waals surface area contributed by atoms with Crippen LogP contribution in [0.25, 0.3) is 0 Å². The van der Waals surface area contributed by atoms with Crippen molar-refractivity contribution in [1.29, 1.82) is 0 Å². The summed E-state index contributed by atoms with van der Waals surface area (Å²) in [6.07, 6.45) is -0.173. The van der Waals surface area contributed by atoms with Crippen LogP contribution in [-0.4, -0.2) is 21.4 Å².